The summed E-state index contributed by atoms with van der Waals surface area (Å²) in [5.74, 6) is 0.117. The predicted molar refractivity (Wildman–Crippen MR) is 105 cm³/mol. The van der Waals surface area contributed by atoms with Crippen LogP contribution in [0, 0.1) is 0 Å². The molecule has 2 aliphatic heterocycles. The Morgan fingerprint density at radius 2 is 1.97 bits per heavy atom. The molecule has 2 N–H and O–H groups in total. The molecule has 0 saturated carbocycles. The average Bonchev–Trinajstić information content (AvgIpc) is 2.93. The number of carbonyl (C=O) groups excluding carboxylic acids is 3. The Hall–Kier alpha value is -2.85. The monoisotopic (exact) mass is 421 g/mol. The van der Waals surface area contributed by atoms with E-state index in [2.05, 4.69) is 5.32 Å². The summed E-state index contributed by atoms with van der Waals surface area (Å²) in [7, 11) is 3.03. The molecule has 2 saturated heterocycles. The summed E-state index contributed by atoms with van der Waals surface area (Å²) < 4.78 is 16.3. The van der Waals surface area contributed by atoms with E-state index in [1.54, 1.807) is 32.0 Å². The number of rotatable bonds is 6. The second-order valence-corrected chi connectivity index (χ2v) is 7.68. The summed E-state index contributed by atoms with van der Waals surface area (Å²) >= 11 is 0. The van der Waals surface area contributed by atoms with Crippen LogP contribution in [-0.4, -0.2) is 84.9 Å². The van der Waals surface area contributed by atoms with E-state index in [0.717, 1.165) is 4.90 Å². The lowest BCUT2D eigenvalue weighted by molar-refractivity contribution is -0.152. The summed E-state index contributed by atoms with van der Waals surface area (Å²) in [6.45, 7) is 2.95. The van der Waals surface area contributed by atoms with Crippen molar-refractivity contribution in [2.45, 2.75) is 31.5 Å². The first-order valence-corrected chi connectivity index (χ1v) is 9.61. The van der Waals surface area contributed by atoms with Crippen LogP contribution in [0.25, 0.3) is 0 Å². The number of ether oxygens (including phenoxy) is 3. The molecule has 2 atom stereocenters. The average molecular weight is 421 g/mol. The minimum Gasteiger partial charge on any atom is -0.493 e. The van der Waals surface area contributed by atoms with Gasteiger partial charge in [-0.3, -0.25) is 14.5 Å². The van der Waals surface area contributed by atoms with Crippen molar-refractivity contribution >= 4 is 17.8 Å². The van der Waals surface area contributed by atoms with Crippen molar-refractivity contribution in [3.8, 4) is 11.5 Å². The van der Waals surface area contributed by atoms with E-state index in [1.165, 1.54) is 19.1 Å². The number of carbonyl (C=O) groups is 3. The Morgan fingerprint density at radius 3 is 2.53 bits per heavy atom. The molecule has 2 heterocycles. The number of aliphatic hydroxyl groups excluding tert-OH is 1. The van der Waals surface area contributed by atoms with Crippen LogP contribution in [0.15, 0.2) is 18.2 Å². The Bertz CT molecular complexity index is 842. The third-order valence-corrected chi connectivity index (χ3v) is 5.34. The van der Waals surface area contributed by atoms with Gasteiger partial charge in [-0.15, -0.1) is 0 Å². The van der Waals surface area contributed by atoms with Gasteiger partial charge in [0.25, 0.3) is 5.91 Å². The molecule has 1 aromatic carbocycles. The number of morpholine rings is 1. The molecule has 164 valence electrons. The molecular formula is C20H27N3O7. The first-order chi connectivity index (χ1) is 14.2. The maximum atomic E-state index is 13.1. The molecule has 10 nitrogen and oxygen atoms in total. The van der Waals surface area contributed by atoms with Gasteiger partial charge >= 0.3 is 6.03 Å². The van der Waals surface area contributed by atoms with Crippen LogP contribution >= 0.6 is 0 Å². The molecule has 4 amide bonds. The number of methoxy groups -OCH3 is 2. The largest absolute Gasteiger partial charge is 0.493 e. The molecule has 3 rings (SSSR count). The highest BCUT2D eigenvalue weighted by atomic mass is 16.5. The van der Waals surface area contributed by atoms with E-state index >= 15 is 0 Å². The van der Waals surface area contributed by atoms with Crippen molar-refractivity contribution in [3.05, 3.63) is 23.8 Å². The van der Waals surface area contributed by atoms with Crippen LogP contribution in [0.5, 0.6) is 11.5 Å². The maximum Gasteiger partial charge on any atom is 0.325 e. The van der Waals surface area contributed by atoms with Crippen molar-refractivity contribution in [3.63, 3.8) is 0 Å². The summed E-state index contributed by atoms with van der Waals surface area (Å²) in [5, 5.41) is 12.4. The third kappa shape index (κ3) is 3.92. The first kappa shape index (κ1) is 21.8. The fourth-order valence-corrected chi connectivity index (χ4v) is 3.78. The number of hydrogen-bond donors (Lipinski definition) is 2. The van der Waals surface area contributed by atoms with Crippen LogP contribution < -0.4 is 14.8 Å². The number of imide groups is 1. The number of nitrogens with zero attached hydrogens (tertiary/aromatic N) is 2. The lowest BCUT2D eigenvalue weighted by Crippen LogP contribution is -2.52. The van der Waals surface area contributed by atoms with Crippen molar-refractivity contribution < 1.29 is 33.7 Å². The van der Waals surface area contributed by atoms with Gasteiger partial charge in [0.05, 0.1) is 33.5 Å². The van der Waals surface area contributed by atoms with Crippen LogP contribution in [0.1, 0.15) is 25.5 Å². The number of nitrogens with one attached hydrogen (secondary N) is 1. The summed E-state index contributed by atoms with van der Waals surface area (Å²) in [4.78, 5) is 40.2. The normalized spacial score (nSPS) is 23.4. The van der Waals surface area contributed by atoms with Crippen LogP contribution in [0.4, 0.5) is 4.79 Å². The fraction of sp³-hybridized carbons (Fsp3) is 0.550. The van der Waals surface area contributed by atoms with Gasteiger partial charge in [0.2, 0.25) is 5.91 Å². The zero-order valence-electron chi connectivity index (χ0n) is 17.5. The van der Waals surface area contributed by atoms with E-state index < -0.39 is 42.1 Å². The van der Waals surface area contributed by atoms with Gasteiger partial charge in [-0.05, 0) is 31.5 Å². The molecule has 1 aromatic rings. The Balaban J connectivity index is 1.89. The van der Waals surface area contributed by atoms with Gasteiger partial charge in [-0.2, -0.15) is 0 Å². The highest BCUT2D eigenvalue weighted by Crippen LogP contribution is 2.36. The van der Waals surface area contributed by atoms with Crippen LogP contribution in [0.3, 0.4) is 0 Å². The van der Waals surface area contributed by atoms with E-state index in [-0.39, 0.29) is 19.8 Å². The second-order valence-electron chi connectivity index (χ2n) is 7.68. The van der Waals surface area contributed by atoms with Crippen molar-refractivity contribution in [2.75, 3.05) is 40.5 Å². The van der Waals surface area contributed by atoms with Crippen molar-refractivity contribution in [1.29, 1.82) is 0 Å². The third-order valence-electron chi connectivity index (χ3n) is 5.34. The van der Waals surface area contributed by atoms with Gasteiger partial charge in [0.1, 0.15) is 18.2 Å². The van der Waals surface area contributed by atoms with Gasteiger partial charge in [0.15, 0.2) is 11.5 Å². The van der Waals surface area contributed by atoms with E-state index in [4.69, 9.17) is 14.2 Å². The number of aliphatic hydroxyl groups is 1. The first-order valence-electron chi connectivity index (χ1n) is 9.61. The smallest absolute Gasteiger partial charge is 0.325 e. The molecule has 10 heteroatoms. The molecule has 0 radical (unpaired) electrons. The van der Waals surface area contributed by atoms with Crippen molar-refractivity contribution in [1.82, 2.24) is 15.1 Å². The topological polar surface area (TPSA) is 118 Å². The fourth-order valence-electron chi connectivity index (χ4n) is 3.78. The standard InChI is InChI=1S/C20H27N3O7/c1-20(2)18(26)23(19(27)21-20)10-16(25)22-7-8-30-15(11-24)17(22)12-5-6-13(28-3)14(9-12)29-4/h5-6,9,15,17,24H,7-8,10-11H2,1-4H3,(H,21,27)/t15-,17-/m1/s1. The Kier molecular flexibility index (Phi) is 6.18. The number of urea groups is 1. The van der Waals surface area contributed by atoms with E-state index in [9.17, 15) is 19.5 Å². The minimum absolute atomic E-state index is 0.229. The van der Waals surface area contributed by atoms with E-state index in [0.29, 0.717) is 17.1 Å². The number of amides is 4. The van der Waals surface area contributed by atoms with Crippen LogP contribution in [-0.2, 0) is 14.3 Å². The minimum atomic E-state index is -1.06. The highest BCUT2D eigenvalue weighted by Gasteiger charge is 2.46. The van der Waals surface area contributed by atoms with Crippen molar-refractivity contribution in [2.24, 2.45) is 0 Å². The van der Waals surface area contributed by atoms with Gasteiger partial charge in [-0.25, -0.2) is 4.79 Å². The number of hydrogen-bond acceptors (Lipinski definition) is 7. The van der Waals surface area contributed by atoms with Gasteiger partial charge in [-0.1, -0.05) is 6.07 Å². The summed E-state index contributed by atoms with van der Waals surface area (Å²) in [6, 6.07) is 3.97. The second kappa shape index (κ2) is 8.49. The molecule has 30 heavy (non-hydrogen) atoms. The molecular weight excluding hydrogens is 394 g/mol. The SMILES string of the molecule is COc1ccc([C@@H]2[C@@H](CO)OCCN2C(=O)CN2C(=O)NC(C)(C)C2=O)cc1OC. The predicted octanol–water partition coefficient (Wildman–Crippen LogP) is 0.295. The summed E-state index contributed by atoms with van der Waals surface area (Å²) in [5.41, 5.74) is -0.379. The molecule has 2 aliphatic rings. The lowest BCUT2D eigenvalue weighted by atomic mass is 9.97. The lowest BCUT2D eigenvalue weighted by Gasteiger charge is -2.41. The molecule has 0 unspecified atom stereocenters. The molecule has 0 aliphatic carbocycles. The van der Waals surface area contributed by atoms with Crippen LogP contribution in [0.2, 0.25) is 0 Å². The van der Waals surface area contributed by atoms with E-state index in [1.807, 2.05) is 0 Å². The molecule has 2 fully saturated rings. The zero-order chi connectivity index (χ0) is 22.1. The quantitative estimate of drug-likeness (QED) is 0.634. The Morgan fingerprint density at radius 1 is 1.27 bits per heavy atom. The molecule has 0 spiro atoms. The van der Waals surface area contributed by atoms with Gasteiger partial charge in [0, 0.05) is 6.54 Å². The Labute approximate surface area is 174 Å². The highest BCUT2D eigenvalue weighted by molar-refractivity contribution is 6.08. The number of benzene rings is 1. The maximum absolute atomic E-state index is 13.1. The molecule has 0 aromatic heterocycles. The zero-order valence-corrected chi connectivity index (χ0v) is 17.5. The molecule has 0 bridgehead atoms. The van der Waals surface area contributed by atoms with Gasteiger partial charge < -0.3 is 29.5 Å². The summed E-state index contributed by atoms with van der Waals surface area (Å²) in [6.07, 6.45) is -0.666.